The van der Waals surface area contributed by atoms with Gasteiger partial charge < -0.3 is 0 Å². The summed E-state index contributed by atoms with van der Waals surface area (Å²) in [5.41, 5.74) is 1.91. The summed E-state index contributed by atoms with van der Waals surface area (Å²) in [6, 6.07) is 0.500. The lowest BCUT2D eigenvalue weighted by molar-refractivity contribution is 0.342. The minimum Gasteiger partial charge on any atom is -0.249 e. The van der Waals surface area contributed by atoms with Crippen molar-refractivity contribution in [2.24, 2.45) is 0 Å². The van der Waals surface area contributed by atoms with Crippen LogP contribution >= 0.6 is 0 Å². The van der Waals surface area contributed by atoms with E-state index in [1.807, 2.05) is 18.2 Å². The average molecular weight is 283 g/mol. The van der Waals surface area contributed by atoms with E-state index in [1.165, 1.54) is 44.9 Å². The van der Waals surface area contributed by atoms with Crippen molar-refractivity contribution in [3.05, 3.63) is 55.4 Å². The largest absolute Gasteiger partial charge is 0.249 e. The zero-order valence-electron chi connectivity index (χ0n) is 12.7. The van der Waals surface area contributed by atoms with Crippen molar-refractivity contribution in [1.82, 2.24) is 15.0 Å². The minimum atomic E-state index is 0.500. The molecule has 0 aromatic carbocycles. The van der Waals surface area contributed by atoms with Gasteiger partial charge >= 0.3 is 0 Å². The smallest absolute Gasteiger partial charge is 0.113 e. The maximum absolute atomic E-state index is 4.36. The molecule has 1 aromatic heterocycles. The lowest BCUT2D eigenvalue weighted by Crippen LogP contribution is -2.11. The van der Waals surface area contributed by atoms with Crippen molar-refractivity contribution in [1.29, 1.82) is 0 Å². The maximum Gasteiger partial charge on any atom is 0.113 e. The molecule has 0 unspecified atom stereocenters. The van der Waals surface area contributed by atoms with Crippen LogP contribution in [0.1, 0.15) is 56.7 Å². The average Bonchev–Trinajstić information content (AvgIpc) is 2.92. The third-order valence-corrected chi connectivity index (χ3v) is 3.96. The molecule has 1 heterocycles. The Bertz CT molecular complexity index is 514. The molecule has 1 aliphatic rings. The molecule has 1 fully saturated rings. The molecule has 1 aromatic rings. The fourth-order valence-electron chi connectivity index (χ4n) is 2.81. The highest BCUT2D eigenvalue weighted by molar-refractivity contribution is 5.72. The molecule has 0 N–H and O–H groups in total. The molecular formula is C18H25N3. The molecule has 21 heavy (non-hydrogen) atoms. The van der Waals surface area contributed by atoms with E-state index in [2.05, 4.69) is 34.3 Å². The van der Waals surface area contributed by atoms with Crippen LogP contribution < -0.4 is 0 Å². The third kappa shape index (κ3) is 4.55. The van der Waals surface area contributed by atoms with E-state index in [4.69, 9.17) is 0 Å². The molecule has 0 aliphatic heterocycles. The molecule has 112 valence electrons. The van der Waals surface area contributed by atoms with Gasteiger partial charge in [-0.25, -0.2) is 4.68 Å². The maximum atomic E-state index is 4.36. The normalized spacial score (nSPS) is 18.4. The first-order chi connectivity index (χ1) is 10.3. The Kier molecular flexibility index (Phi) is 6.20. The zero-order chi connectivity index (χ0) is 14.9. The zero-order valence-corrected chi connectivity index (χ0v) is 12.7. The van der Waals surface area contributed by atoms with Crippen LogP contribution in [0.4, 0.5) is 0 Å². The lowest BCUT2D eigenvalue weighted by Gasteiger charge is -2.19. The van der Waals surface area contributed by atoms with Crippen LogP contribution in [0.25, 0.3) is 5.57 Å². The van der Waals surface area contributed by atoms with Gasteiger partial charge in [-0.2, -0.15) is 0 Å². The predicted molar refractivity (Wildman–Crippen MR) is 88.9 cm³/mol. The molecule has 0 radical (unpaired) electrons. The van der Waals surface area contributed by atoms with E-state index >= 15 is 0 Å². The summed E-state index contributed by atoms with van der Waals surface area (Å²) in [6.45, 7) is 7.47. The fourth-order valence-corrected chi connectivity index (χ4v) is 2.81. The van der Waals surface area contributed by atoms with Crippen molar-refractivity contribution in [2.75, 3.05) is 0 Å². The molecule has 3 heteroatoms. The quantitative estimate of drug-likeness (QED) is 0.721. The van der Waals surface area contributed by atoms with Crippen LogP contribution in [0, 0.1) is 0 Å². The standard InChI is InChI=1S/C18H25N3/c1-3-5-12-16(11-4-2)18-15-21(20-19-18)17-13-9-7-6-8-10-14-17/h3-5,11-12,15,17H,1-2,6-10,13-14H2/b12-5-,16-11+. The number of nitrogens with zero attached hydrogens (tertiary/aromatic N) is 3. The van der Waals surface area contributed by atoms with E-state index in [1.54, 1.807) is 12.2 Å². The molecule has 0 bridgehead atoms. The number of hydrogen-bond donors (Lipinski definition) is 0. The molecule has 0 saturated heterocycles. The Morgan fingerprint density at radius 1 is 1.10 bits per heavy atom. The highest BCUT2D eigenvalue weighted by Gasteiger charge is 2.15. The first-order valence-electron chi connectivity index (χ1n) is 7.89. The SMILES string of the molecule is C=C/C=C\C(=C/C=C)c1cn(C2CCCCCCC2)nn1. The lowest BCUT2D eigenvalue weighted by atomic mass is 9.97. The topological polar surface area (TPSA) is 30.7 Å². The molecule has 2 rings (SSSR count). The van der Waals surface area contributed by atoms with Crippen molar-refractivity contribution < 1.29 is 0 Å². The Balaban J connectivity index is 2.14. The number of rotatable bonds is 5. The monoisotopic (exact) mass is 283 g/mol. The molecular weight excluding hydrogens is 258 g/mol. The van der Waals surface area contributed by atoms with Gasteiger partial charge in [0.25, 0.3) is 0 Å². The van der Waals surface area contributed by atoms with Gasteiger partial charge in [0.05, 0.1) is 12.2 Å². The van der Waals surface area contributed by atoms with E-state index in [0.29, 0.717) is 6.04 Å². The summed E-state index contributed by atoms with van der Waals surface area (Å²) >= 11 is 0. The summed E-state index contributed by atoms with van der Waals surface area (Å²) < 4.78 is 2.05. The van der Waals surface area contributed by atoms with E-state index in [0.717, 1.165) is 11.3 Å². The summed E-state index contributed by atoms with van der Waals surface area (Å²) in [7, 11) is 0. The second-order valence-electron chi connectivity index (χ2n) is 5.54. The van der Waals surface area contributed by atoms with Gasteiger partial charge in [-0.3, -0.25) is 0 Å². The van der Waals surface area contributed by atoms with Crippen LogP contribution in [0.3, 0.4) is 0 Å². The van der Waals surface area contributed by atoms with Gasteiger partial charge in [-0.1, -0.05) is 80.9 Å². The van der Waals surface area contributed by atoms with Crippen molar-refractivity contribution >= 4 is 5.57 Å². The first kappa shape index (κ1) is 15.5. The van der Waals surface area contributed by atoms with Gasteiger partial charge in [0, 0.05) is 5.57 Å². The van der Waals surface area contributed by atoms with Gasteiger partial charge in [0.2, 0.25) is 0 Å². The van der Waals surface area contributed by atoms with Crippen LogP contribution in [-0.2, 0) is 0 Å². The highest BCUT2D eigenvalue weighted by atomic mass is 15.4. The number of aromatic nitrogens is 3. The molecule has 0 atom stereocenters. The van der Waals surface area contributed by atoms with E-state index < -0.39 is 0 Å². The van der Waals surface area contributed by atoms with Gasteiger partial charge in [-0.15, -0.1) is 5.10 Å². The van der Waals surface area contributed by atoms with Crippen LogP contribution in [0.2, 0.25) is 0 Å². The third-order valence-electron chi connectivity index (χ3n) is 3.96. The van der Waals surface area contributed by atoms with Crippen molar-refractivity contribution in [3.63, 3.8) is 0 Å². The van der Waals surface area contributed by atoms with Crippen LogP contribution in [0.15, 0.2) is 49.7 Å². The highest BCUT2D eigenvalue weighted by Crippen LogP contribution is 2.26. The van der Waals surface area contributed by atoms with Gasteiger partial charge in [0.1, 0.15) is 5.69 Å². The summed E-state index contributed by atoms with van der Waals surface area (Å²) in [6.07, 6.45) is 20.5. The second-order valence-corrected chi connectivity index (χ2v) is 5.54. The Morgan fingerprint density at radius 2 is 1.81 bits per heavy atom. The molecule has 3 nitrogen and oxygen atoms in total. The minimum absolute atomic E-state index is 0.500. The van der Waals surface area contributed by atoms with Crippen molar-refractivity contribution in [2.45, 2.75) is 51.0 Å². The number of hydrogen-bond acceptors (Lipinski definition) is 2. The first-order valence-corrected chi connectivity index (χ1v) is 7.89. The van der Waals surface area contributed by atoms with Crippen LogP contribution in [0.5, 0.6) is 0 Å². The van der Waals surface area contributed by atoms with Crippen LogP contribution in [-0.4, -0.2) is 15.0 Å². The summed E-state index contributed by atoms with van der Waals surface area (Å²) in [5, 5.41) is 8.68. The molecule has 0 amide bonds. The Hall–Kier alpha value is -1.90. The molecule has 1 saturated carbocycles. The Labute approximate surface area is 127 Å². The predicted octanol–water partition coefficient (Wildman–Crippen LogP) is 4.88. The molecule has 0 spiro atoms. The fraction of sp³-hybridized carbons (Fsp3) is 0.444. The summed E-state index contributed by atoms with van der Waals surface area (Å²) in [4.78, 5) is 0. The Morgan fingerprint density at radius 3 is 2.48 bits per heavy atom. The summed E-state index contributed by atoms with van der Waals surface area (Å²) in [5.74, 6) is 0. The molecule has 1 aliphatic carbocycles. The number of allylic oxidation sites excluding steroid dienone is 6. The second kappa shape index (κ2) is 8.40. The van der Waals surface area contributed by atoms with E-state index in [-0.39, 0.29) is 0 Å². The van der Waals surface area contributed by atoms with Gasteiger partial charge in [-0.05, 0) is 12.8 Å². The van der Waals surface area contributed by atoms with Gasteiger partial charge in [0.15, 0.2) is 0 Å². The van der Waals surface area contributed by atoms with E-state index in [9.17, 15) is 0 Å². The van der Waals surface area contributed by atoms with Crippen molar-refractivity contribution in [3.8, 4) is 0 Å².